The zero-order chi connectivity index (χ0) is 10.8. The van der Waals surface area contributed by atoms with Gasteiger partial charge in [-0.3, -0.25) is 0 Å². The highest BCUT2D eigenvalue weighted by molar-refractivity contribution is 4.97. The van der Waals surface area contributed by atoms with E-state index >= 15 is 0 Å². The van der Waals surface area contributed by atoms with Crippen LogP contribution in [0.3, 0.4) is 0 Å². The van der Waals surface area contributed by atoms with E-state index in [1.807, 2.05) is 0 Å². The lowest BCUT2D eigenvalue weighted by Gasteiger charge is -2.46. The summed E-state index contributed by atoms with van der Waals surface area (Å²) in [6, 6.07) is 0. The molecule has 0 heterocycles. The van der Waals surface area contributed by atoms with Gasteiger partial charge in [-0.25, -0.2) is 0 Å². The third kappa shape index (κ3) is 2.31. The van der Waals surface area contributed by atoms with Crippen molar-refractivity contribution in [2.45, 2.75) is 65.3 Å². The van der Waals surface area contributed by atoms with Crippen molar-refractivity contribution in [2.24, 2.45) is 23.5 Å². The Kier molecular flexibility index (Phi) is 4.00. The molecule has 0 bridgehead atoms. The highest BCUT2D eigenvalue weighted by atomic mass is 14.8. The molecule has 0 aromatic carbocycles. The van der Waals surface area contributed by atoms with Crippen LogP contribution in [0.2, 0.25) is 0 Å². The minimum absolute atomic E-state index is 0.119. The molecule has 0 aromatic rings. The van der Waals surface area contributed by atoms with E-state index in [0.717, 1.165) is 5.92 Å². The van der Waals surface area contributed by atoms with Gasteiger partial charge >= 0.3 is 0 Å². The van der Waals surface area contributed by atoms with E-state index in [1.54, 1.807) is 0 Å². The Hall–Kier alpha value is -0.0400. The van der Waals surface area contributed by atoms with Gasteiger partial charge in [-0.15, -0.1) is 0 Å². The predicted molar refractivity (Wildman–Crippen MR) is 63.2 cm³/mol. The summed E-state index contributed by atoms with van der Waals surface area (Å²) < 4.78 is 0. The van der Waals surface area contributed by atoms with Crippen LogP contribution in [-0.4, -0.2) is 5.54 Å². The first-order valence-electron chi connectivity index (χ1n) is 6.29. The Morgan fingerprint density at radius 1 is 1.36 bits per heavy atom. The predicted octanol–water partition coefficient (Wildman–Crippen LogP) is 3.58. The quantitative estimate of drug-likeness (QED) is 0.735. The molecule has 1 rings (SSSR count). The smallest absolute Gasteiger partial charge is 0.0208 e. The van der Waals surface area contributed by atoms with Crippen LogP contribution in [-0.2, 0) is 0 Å². The fraction of sp³-hybridized carbons (Fsp3) is 1.00. The monoisotopic (exact) mass is 197 g/mol. The van der Waals surface area contributed by atoms with Gasteiger partial charge in [0, 0.05) is 5.54 Å². The third-order valence-electron chi connectivity index (χ3n) is 4.35. The van der Waals surface area contributed by atoms with E-state index in [-0.39, 0.29) is 5.54 Å². The average Bonchev–Trinajstić information content (AvgIpc) is 2.12. The van der Waals surface area contributed by atoms with Crippen molar-refractivity contribution in [3.05, 3.63) is 0 Å². The van der Waals surface area contributed by atoms with E-state index in [1.165, 1.54) is 32.1 Å². The lowest BCUT2D eigenvalue weighted by Crippen LogP contribution is -2.54. The molecule has 4 atom stereocenters. The molecule has 1 aliphatic carbocycles. The minimum Gasteiger partial charge on any atom is -0.325 e. The molecule has 1 nitrogen and oxygen atoms in total. The van der Waals surface area contributed by atoms with Crippen molar-refractivity contribution in [3.8, 4) is 0 Å². The molecule has 2 N–H and O–H groups in total. The van der Waals surface area contributed by atoms with Crippen LogP contribution in [0, 0.1) is 17.8 Å². The highest BCUT2D eigenvalue weighted by Gasteiger charge is 2.40. The summed E-state index contributed by atoms with van der Waals surface area (Å²) in [6.07, 6.45) is 6.48. The molecule has 1 aliphatic rings. The molecule has 0 radical (unpaired) electrons. The van der Waals surface area contributed by atoms with Gasteiger partial charge in [-0.1, -0.05) is 40.5 Å². The topological polar surface area (TPSA) is 26.0 Å². The summed E-state index contributed by atoms with van der Waals surface area (Å²) in [6.45, 7) is 9.30. The summed E-state index contributed by atoms with van der Waals surface area (Å²) in [5.41, 5.74) is 6.74. The summed E-state index contributed by atoms with van der Waals surface area (Å²) >= 11 is 0. The van der Waals surface area contributed by atoms with Crippen LogP contribution in [0.5, 0.6) is 0 Å². The maximum absolute atomic E-state index is 6.62. The maximum atomic E-state index is 6.62. The van der Waals surface area contributed by atoms with E-state index in [2.05, 4.69) is 27.7 Å². The van der Waals surface area contributed by atoms with Crippen LogP contribution >= 0.6 is 0 Å². The van der Waals surface area contributed by atoms with E-state index in [0.29, 0.717) is 11.8 Å². The van der Waals surface area contributed by atoms with Gasteiger partial charge in [0.2, 0.25) is 0 Å². The molecule has 14 heavy (non-hydrogen) atoms. The second-order valence-electron chi connectivity index (χ2n) is 5.59. The molecule has 1 fully saturated rings. The Morgan fingerprint density at radius 3 is 2.57 bits per heavy atom. The second-order valence-corrected chi connectivity index (χ2v) is 5.59. The number of hydrogen-bond donors (Lipinski definition) is 1. The molecular weight excluding hydrogens is 170 g/mol. The Balaban J connectivity index is 2.67. The normalized spacial score (nSPS) is 40.9. The summed E-state index contributed by atoms with van der Waals surface area (Å²) in [4.78, 5) is 0. The lowest BCUT2D eigenvalue weighted by molar-refractivity contribution is 0.100. The van der Waals surface area contributed by atoms with Gasteiger partial charge in [0.1, 0.15) is 0 Å². The average molecular weight is 197 g/mol. The van der Waals surface area contributed by atoms with Crippen LogP contribution < -0.4 is 5.73 Å². The summed E-state index contributed by atoms with van der Waals surface area (Å²) in [5, 5.41) is 0. The highest BCUT2D eigenvalue weighted by Crippen LogP contribution is 2.41. The van der Waals surface area contributed by atoms with E-state index in [4.69, 9.17) is 5.73 Å². The first-order valence-corrected chi connectivity index (χ1v) is 6.29. The van der Waals surface area contributed by atoms with E-state index in [9.17, 15) is 0 Å². The zero-order valence-corrected chi connectivity index (χ0v) is 10.3. The zero-order valence-electron chi connectivity index (χ0n) is 10.3. The molecule has 1 heteroatoms. The second kappa shape index (κ2) is 4.65. The van der Waals surface area contributed by atoms with Gasteiger partial charge < -0.3 is 5.73 Å². The molecular formula is C13H27N. The Labute approximate surface area is 89.5 Å². The summed E-state index contributed by atoms with van der Waals surface area (Å²) in [5.74, 6) is 2.22. The number of hydrogen-bond acceptors (Lipinski definition) is 1. The van der Waals surface area contributed by atoms with Gasteiger partial charge in [0.05, 0.1) is 0 Å². The fourth-order valence-electron chi connectivity index (χ4n) is 3.10. The maximum Gasteiger partial charge on any atom is 0.0208 e. The SMILES string of the molecule is CCCC(C)C1(N)CC(C)CCC1C. The van der Waals surface area contributed by atoms with Gasteiger partial charge in [0.25, 0.3) is 0 Å². The van der Waals surface area contributed by atoms with Crippen molar-refractivity contribution in [3.63, 3.8) is 0 Å². The largest absolute Gasteiger partial charge is 0.325 e. The Bertz CT molecular complexity index is 178. The fourth-order valence-corrected chi connectivity index (χ4v) is 3.10. The van der Waals surface area contributed by atoms with Crippen molar-refractivity contribution in [1.29, 1.82) is 0 Å². The van der Waals surface area contributed by atoms with E-state index < -0.39 is 0 Å². The third-order valence-corrected chi connectivity index (χ3v) is 4.35. The molecule has 84 valence electrons. The minimum atomic E-state index is 0.119. The molecule has 1 saturated carbocycles. The lowest BCUT2D eigenvalue weighted by atomic mass is 9.64. The van der Waals surface area contributed by atoms with Gasteiger partial charge in [-0.2, -0.15) is 0 Å². The van der Waals surface area contributed by atoms with Crippen LogP contribution in [0.4, 0.5) is 0 Å². The first-order chi connectivity index (χ1) is 6.50. The van der Waals surface area contributed by atoms with Crippen molar-refractivity contribution >= 4 is 0 Å². The van der Waals surface area contributed by atoms with Crippen LogP contribution in [0.25, 0.3) is 0 Å². The molecule has 0 spiro atoms. The van der Waals surface area contributed by atoms with Gasteiger partial charge in [0.15, 0.2) is 0 Å². The standard InChI is InChI=1S/C13H27N/c1-5-6-11(3)13(14)9-10(2)7-8-12(13)4/h10-12H,5-9,14H2,1-4H3. The Morgan fingerprint density at radius 2 is 2.00 bits per heavy atom. The van der Waals surface area contributed by atoms with Crippen molar-refractivity contribution in [1.82, 2.24) is 0 Å². The molecule has 0 aliphatic heterocycles. The molecule has 0 amide bonds. The number of rotatable bonds is 3. The van der Waals surface area contributed by atoms with Gasteiger partial charge in [-0.05, 0) is 37.0 Å². The molecule has 0 saturated heterocycles. The molecule has 0 aromatic heterocycles. The number of nitrogens with two attached hydrogens (primary N) is 1. The summed E-state index contributed by atoms with van der Waals surface area (Å²) in [7, 11) is 0. The van der Waals surface area contributed by atoms with Crippen LogP contribution in [0.1, 0.15) is 59.8 Å². The van der Waals surface area contributed by atoms with Crippen molar-refractivity contribution in [2.75, 3.05) is 0 Å². The molecule has 4 unspecified atom stereocenters. The van der Waals surface area contributed by atoms with Crippen molar-refractivity contribution < 1.29 is 0 Å². The van der Waals surface area contributed by atoms with Crippen LogP contribution in [0.15, 0.2) is 0 Å². The first kappa shape index (κ1) is 12.0.